The molecule has 16 heavy (non-hydrogen) atoms. The van der Waals surface area contributed by atoms with Gasteiger partial charge in [0.05, 0.1) is 27.3 Å². The lowest BCUT2D eigenvalue weighted by Crippen LogP contribution is -2.27. The molecular formula is C10H21N2O3P. The SMILES string of the molecule is C=C(CNP(CCC)NCC(=O)OC)OC. The second kappa shape index (κ2) is 9.58. The number of carbonyl (C=O) groups is 1. The van der Waals surface area contributed by atoms with Crippen LogP contribution in [0.4, 0.5) is 0 Å². The molecule has 0 aliphatic rings. The van der Waals surface area contributed by atoms with Crippen molar-refractivity contribution in [3.8, 4) is 0 Å². The van der Waals surface area contributed by atoms with E-state index in [-0.39, 0.29) is 12.5 Å². The van der Waals surface area contributed by atoms with Crippen LogP contribution < -0.4 is 10.2 Å². The highest BCUT2D eigenvalue weighted by molar-refractivity contribution is 7.53. The number of esters is 1. The van der Waals surface area contributed by atoms with E-state index < -0.39 is 8.22 Å². The summed E-state index contributed by atoms with van der Waals surface area (Å²) in [6.45, 7) is 6.65. The Morgan fingerprint density at radius 1 is 1.25 bits per heavy atom. The summed E-state index contributed by atoms with van der Waals surface area (Å²) in [4.78, 5) is 11.0. The lowest BCUT2D eigenvalue weighted by Gasteiger charge is -2.19. The van der Waals surface area contributed by atoms with Gasteiger partial charge in [-0.25, -0.2) is 0 Å². The van der Waals surface area contributed by atoms with Crippen molar-refractivity contribution in [1.29, 1.82) is 0 Å². The van der Waals surface area contributed by atoms with Gasteiger partial charge in [-0.1, -0.05) is 13.5 Å². The van der Waals surface area contributed by atoms with E-state index in [1.54, 1.807) is 7.11 Å². The minimum Gasteiger partial charge on any atom is -0.500 e. The number of ether oxygens (including phenoxy) is 2. The zero-order valence-corrected chi connectivity index (χ0v) is 11.1. The molecule has 1 atom stereocenters. The second-order valence-corrected chi connectivity index (χ2v) is 5.08. The number of methoxy groups -OCH3 is 2. The molecular weight excluding hydrogens is 227 g/mol. The molecule has 0 saturated heterocycles. The normalized spacial score (nSPS) is 11.9. The Balaban J connectivity index is 3.87. The maximum Gasteiger partial charge on any atom is 0.319 e. The van der Waals surface area contributed by atoms with Gasteiger partial charge in [-0.2, -0.15) is 0 Å². The molecule has 0 amide bonds. The summed E-state index contributed by atoms with van der Waals surface area (Å²) >= 11 is 0. The van der Waals surface area contributed by atoms with Crippen molar-refractivity contribution in [1.82, 2.24) is 10.2 Å². The van der Waals surface area contributed by atoms with Gasteiger partial charge in [0.2, 0.25) is 0 Å². The highest BCUT2D eigenvalue weighted by atomic mass is 31.1. The third-order valence-electron chi connectivity index (χ3n) is 1.84. The Morgan fingerprint density at radius 3 is 2.38 bits per heavy atom. The van der Waals surface area contributed by atoms with Crippen LogP contribution in [0.25, 0.3) is 0 Å². The smallest absolute Gasteiger partial charge is 0.319 e. The van der Waals surface area contributed by atoms with Crippen molar-refractivity contribution >= 4 is 14.2 Å². The molecule has 6 heteroatoms. The molecule has 0 aromatic rings. The molecule has 0 rings (SSSR count). The first kappa shape index (κ1) is 15.4. The van der Waals surface area contributed by atoms with E-state index in [1.165, 1.54) is 7.11 Å². The standard InChI is InChI=1S/C10H21N2O3P/c1-5-6-16(11-7-9(2)14-3)12-8-10(13)15-4/h11-12H,2,5-8H2,1,3-4H3. The van der Waals surface area contributed by atoms with Crippen LogP contribution in [0.3, 0.4) is 0 Å². The van der Waals surface area contributed by atoms with Crippen molar-refractivity contribution in [2.24, 2.45) is 0 Å². The summed E-state index contributed by atoms with van der Waals surface area (Å²) in [7, 11) is 2.39. The van der Waals surface area contributed by atoms with Crippen molar-refractivity contribution in [3.05, 3.63) is 12.3 Å². The molecule has 1 unspecified atom stereocenters. The van der Waals surface area contributed by atoms with Gasteiger partial charge in [0, 0.05) is 8.22 Å². The van der Waals surface area contributed by atoms with Crippen LogP contribution >= 0.6 is 8.22 Å². The topological polar surface area (TPSA) is 59.6 Å². The molecule has 0 aliphatic heterocycles. The molecule has 0 saturated carbocycles. The maximum atomic E-state index is 11.0. The molecule has 0 bridgehead atoms. The molecule has 0 aromatic carbocycles. The zero-order valence-electron chi connectivity index (χ0n) is 10.2. The fourth-order valence-electron chi connectivity index (χ4n) is 0.926. The zero-order chi connectivity index (χ0) is 12.4. The van der Waals surface area contributed by atoms with Gasteiger partial charge in [0.25, 0.3) is 0 Å². The fraction of sp³-hybridized carbons (Fsp3) is 0.700. The first-order valence-corrected chi connectivity index (χ1v) is 6.69. The van der Waals surface area contributed by atoms with Gasteiger partial charge in [-0.15, -0.1) is 0 Å². The van der Waals surface area contributed by atoms with Crippen LogP contribution in [0.5, 0.6) is 0 Å². The first-order valence-electron chi connectivity index (χ1n) is 5.17. The Labute approximate surface area is 98.4 Å². The van der Waals surface area contributed by atoms with Crippen molar-refractivity contribution in [3.63, 3.8) is 0 Å². The molecule has 0 fully saturated rings. The van der Waals surface area contributed by atoms with E-state index in [4.69, 9.17) is 4.74 Å². The molecule has 0 aliphatic carbocycles. The molecule has 0 spiro atoms. The van der Waals surface area contributed by atoms with Crippen molar-refractivity contribution < 1.29 is 14.3 Å². The first-order chi connectivity index (χ1) is 7.63. The van der Waals surface area contributed by atoms with Crippen LogP contribution in [0.2, 0.25) is 0 Å². The van der Waals surface area contributed by atoms with Crippen LogP contribution in [-0.4, -0.2) is 39.4 Å². The summed E-state index contributed by atoms with van der Waals surface area (Å²) in [6, 6.07) is 0. The maximum absolute atomic E-state index is 11.0. The van der Waals surface area contributed by atoms with Crippen LogP contribution in [0, 0.1) is 0 Å². The van der Waals surface area contributed by atoms with E-state index >= 15 is 0 Å². The van der Waals surface area contributed by atoms with E-state index in [9.17, 15) is 4.79 Å². The molecule has 5 nitrogen and oxygen atoms in total. The predicted molar refractivity (Wildman–Crippen MR) is 66.2 cm³/mol. The highest BCUT2D eigenvalue weighted by Crippen LogP contribution is 2.25. The summed E-state index contributed by atoms with van der Waals surface area (Å²) in [6.07, 6.45) is 2.04. The van der Waals surface area contributed by atoms with Gasteiger partial charge in [0.15, 0.2) is 0 Å². The number of rotatable bonds is 9. The molecule has 0 heterocycles. The summed E-state index contributed by atoms with van der Waals surface area (Å²) in [5.74, 6) is 0.430. The summed E-state index contributed by atoms with van der Waals surface area (Å²) < 4.78 is 9.52. The van der Waals surface area contributed by atoms with Crippen LogP contribution in [-0.2, 0) is 14.3 Å². The number of hydrogen-bond acceptors (Lipinski definition) is 5. The Morgan fingerprint density at radius 2 is 1.88 bits per heavy atom. The average molecular weight is 248 g/mol. The monoisotopic (exact) mass is 248 g/mol. The third kappa shape index (κ3) is 7.63. The van der Waals surface area contributed by atoms with E-state index in [0.717, 1.165) is 12.6 Å². The van der Waals surface area contributed by atoms with E-state index in [0.29, 0.717) is 12.3 Å². The van der Waals surface area contributed by atoms with Crippen molar-refractivity contribution in [2.45, 2.75) is 13.3 Å². The van der Waals surface area contributed by atoms with Gasteiger partial charge >= 0.3 is 5.97 Å². The highest BCUT2D eigenvalue weighted by Gasteiger charge is 2.09. The summed E-state index contributed by atoms with van der Waals surface area (Å²) in [5.41, 5.74) is 0. The average Bonchev–Trinajstić information content (AvgIpc) is 2.31. The van der Waals surface area contributed by atoms with E-state index in [1.807, 2.05) is 0 Å². The lowest BCUT2D eigenvalue weighted by molar-refractivity contribution is -0.139. The largest absolute Gasteiger partial charge is 0.500 e. The Hall–Kier alpha value is -0.640. The predicted octanol–water partition coefficient (Wildman–Crippen LogP) is 1.22. The quantitative estimate of drug-likeness (QED) is 0.365. The van der Waals surface area contributed by atoms with Crippen LogP contribution in [0.15, 0.2) is 12.3 Å². The van der Waals surface area contributed by atoms with Crippen molar-refractivity contribution in [2.75, 3.05) is 33.5 Å². The molecule has 2 N–H and O–H groups in total. The van der Waals surface area contributed by atoms with Crippen LogP contribution in [0.1, 0.15) is 13.3 Å². The number of carbonyl (C=O) groups excluding carboxylic acids is 1. The summed E-state index contributed by atoms with van der Waals surface area (Å²) in [5, 5.41) is 6.41. The Kier molecular flexibility index (Phi) is 9.19. The molecule has 0 radical (unpaired) electrons. The second-order valence-electron chi connectivity index (χ2n) is 3.14. The van der Waals surface area contributed by atoms with Gasteiger partial charge in [0.1, 0.15) is 5.76 Å². The minimum atomic E-state index is -0.579. The molecule has 94 valence electrons. The fourth-order valence-corrected chi connectivity index (χ4v) is 2.49. The lowest BCUT2D eigenvalue weighted by atomic mass is 10.6. The number of nitrogens with one attached hydrogen (secondary N) is 2. The Bertz CT molecular complexity index is 204. The van der Waals surface area contributed by atoms with Gasteiger partial charge in [-0.05, 0) is 12.6 Å². The van der Waals surface area contributed by atoms with E-state index in [2.05, 4.69) is 28.4 Å². The van der Waals surface area contributed by atoms with Gasteiger partial charge in [-0.3, -0.25) is 15.0 Å². The van der Waals surface area contributed by atoms with Gasteiger partial charge < -0.3 is 9.47 Å². The third-order valence-corrected chi connectivity index (χ3v) is 3.82. The molecule has 0 aromatic heterocycles. The minimum absolute atomic E-state index is 0.231. The number of hydrogen-bond donors (Lipinski definition) is 2.